The quantitative estimate of drug-likeness (QED) is 0.0213. The van der Waals surface area contributed by atoms with E-state index >= 15 is 0 Å². The van der Waals surface area contributed by atoms with Crippen LogP contribution in [0.15, 0.2) is 50.9 Å². The van der Waals surface area contributed by atoms with Gasteiger partial charge in [-0.05, 0) is 67.9 Å². The molecule has 0 fully saturated rings. The summed E-state index contributed by atoms with van der Waals surface area (Å²) in [5, 5.41) is 28.1. The molecule has 326 valence electrons. The van der Waals surface area contributed by atoms with Gasteiger partial charge in [-0.3, -0.25) is 28.8 Å². The maximum absolute atomic E-state index is 13.9. The number of aromatic amines is 1. The van der Waals surface area contributed by atoms with E-state index < -0.39 is 41.6 Å². The monoisotopic (exact) mass is 900 g/mol. The third-order valence-electron chi connectivity index (χ3n) is 9.43. The first kappa shape index (κ1) is 52.4. The van der Waals surface area contributed by atoms with Gasteiger partial charge < -0.3 is 57.2 Å². The molecule has 3 amide bonds. The minimum atomic E-state index is -1.15. The molecule has 0 aliphatic carbocycles. The Bertz CT molecular complexity index is 1880. The van der Waals surface area contributed by atoms with Crippen LogP contribution in [0.4, 0.5) is 0 Å². The minimum absolute atomic E-state index is 0. The number of carbonyl (C=O) groups is 6. The molecule has 59 heavy (non-hydrogen) atoms. The Morgan fingerprint density at radius 3 is 2.12 bits per heavy atom. The van der Waals surface area contributed by atoms with Gasteiger partial charge in [0.1, 0.15) is 17.6 Å². The molecule has 0 saturated heterocycles. The van der Waals surface area contributed by atoms with Crippen LogP contribution < -0.4 is 27.0 Å². The number of aromatic nitrogens is 1. The Labute approximate surface area is 368 Å². The third kappa shape index (κ3) is 18.9. The summed E-state index contributed by atoms with van der Waals surface area (Å²) < 4.78 is 0. The summed E-state index contributed by atoms with van der Waals surface area (Å²) in [5.74, 6) is -4.01. The molecular formula is C40H57CuN10O6S2. The average molecular weight is 902 g/mol. The number of primary amides is 1. The maximum Gasteiger partial charge on any atom is 2.00 e. The number of nitrogens with zero attached hydrogens (tertiary/aromatic N) is 4. The number of amidine groups is 2. The molecule has 1 heterocycles. The first-order valence-corrected chi connectivity index (χ1v) is 20.1. The zero-order valence-electron chi connectivity index (χ0n) is 34.6. The molecule has 2 aromatic rings. The molecule has 7 N–H and O–H groups in total. The van der Waals surface area contributed by atoms with Crippen molar-refractivity contribution >= 4 is 93.0 Å². The predicted octanol–water partition coefficient (Wildman–Crippen LogP) is 3.10. The second-order valence-corrected chi connectivity index (χ2v) is 15.1. The fourth-order valence-corrected chi connectivity index (χ4v) is 6.04. The van der Waals surface area contributed by atoms with Crippen LogP contribution in [0.3, 0.4) is 0 Å². The maximum atomic E-state index is 13.9. The van der Waals surface area contributed by atoms with Gasteiger partial charge in [-0.2, -0.15) is 20.4 Å². The van der Waals surface area contributed by atoms with Crippen LogP contribution >= 0.6 is 0 Å². The summed E-state index contributed by atoms with van der Waals surface area (Å²) in [5.41, 5.74) is 7.96. The fraction of sp³-hybridized carbons (Fsp3) is 0.525. The van der Waals surface area contributed by atoms with E-state index in [0.717, 1.165) is 16.5 Å². The number of rotatable bonds is 25. The van der Waals surface area contributed by atoms with Gasteiger partial charge in [-0.25, -0.2) is 0 Å². The molecule has 4 unspecified atom stereocenters. The van der Waals surface area contributed by atoms with E-state index in [2.05, 4.69) is 46.7 Å². The molecule has 0 spiro atoms. The summed E-state index contributed by atoms with van der Waals surface area (Å²) >= 11 is 10.1. The Morgan fingerprint density at radius 1 is 0.864 bits per heavy atom. The molecule has 0 bridgehead atoms. The summed E-state index contributed by atoms with van der Waals surface area (Å²) in [6.07, 6.45) is 3.85. The molecule has 1 aromatic heterocycles. The van der Waals surface area contributed by atoms with Crippen LogP contribution in [-0.4, -0.2) is 87.5 Å². The van der Waals surface area contributed by atoms with Crippen molar-refractivity contribution in [1.29, 1.82) is 0 Å². The van der Waals surface area contributed by atoms with Gasteiger partial charge in [0.25, 0.3) is 0 Å². The molecule has 0 aliphatic heterocycles. The molecule has 0 aliphatic rings. The number of benzene rings is 1. The Hall–Kier alpha value is -4.58. The minimum Gasteiger partial charge on any atom is -0.741 e. The van der Waals surface area contributed by atoms with Crippen LogP contribution in [0.5, 0.6) is 0 Å². The SMILES string of the molecule is C[CH]CC(=O)C(CC(=O)C(C)NC(=O)C(Cc1c[nH]c2ccccc12)NC(=O)C(CCC(N)=O)CC(=O)CCCN/C([S-])=N/N=C(C)/C(C)=N/N=C(\[S-])NC)C(C)C.[Cu+2]. The van der Waals surface area contributed by atoms with Crippen molar-refractivity contribution in [1.82, 2.24) is 26.3 Å². The molecule has 19 heteroatoms. The van der Waals surface area contributed by atoms with Gasteiger partial charge in [0, 0.05) is 81.1 Å². The Balaban J connectivity index is 0.0000174. The molecule has 0 saturated carbocycles. The van der Waals surface area contributed by atoms with E-state index in [0.29, 0.717) is 24.4 Å². The number of ketones is 3. The van der Waals surface area contributed by atoms with Gasteiger partial charge in [0.05, 0.1) is 17.5 Å². The van der Waals surface area contributed by atoms with E-state index in [1.165, 1.54) is 0 Å². The van der Waals surface area contributed by atoms with E-state index in [4.69, 9.17) is 31.0 Å². The second-order valence-electron chi connectivity index (χ2n) is 14.4. The summed E-state index contributed by atoms with van der Waals surface area (Å²) in [6.45, 7) is 10.8. The standard InChI is InChI=1S/C40H59N10O6S2.Cu/c1-8-12-34(52)31(23(2)3)21-35(53)26(6)45-38(56)33(20-28-22-44-32-15-10-9-14-30(28)32)46-37(55)27(16-17-36(41)54)19-29(51)13-11-18-43-40(58)50-48-25(5)24(4)47-49-39(57)42-7;/h8-10,14-15,22-23,26-27,31,33,44H,11-13,16-21H2,1-7H3,(H2,41,54)(H,45,56)(H,46,55)(H2,42,49,57)(H2,43,50,58);/q;+2/p-2/b47-24+,48-25+;. The number of para-hydroxylation sites is 1. The number of fused-ring (bicyclic) bond motifs is 1. The number of carbonyl (C=O) groups excluding carboxylic acids is 6. The van der Waals surface area contributed by atoms with Crippen molar-refractivity contribution in [3.05, 3.63) is 42.4 Å². The van der Waals surface area contributed by atoms with E-state index in [9.17, 15) is 28.8 Å². The summed E-state index contributed by atoms with van der Waals surface area (Å²) in [4.78, 5) is 81.9. The normalized spacial score (nSPS) is 14.4. The molecule has 2 rings (SSSR count). The van der Waals surface area contributed by atoms with Crippen molar-refractivity contribution in [2.45, 2.75) is 105 Å². The van der Waals surface area contributed by atoms with Gasteiger partial charge in [-0.15, -0.1) is 0 Å². The van der Waals surface area contributed by atoms with Gasteiger partial charge >= 0.3 is 17.1 Å². The van der Waals surface area contributed by atoms with Gasteiger partial charge in [0.15, 0.2) is 5.78 Å². The van der Waals surface area contributed by atoms with Crippen LogP contribution in [-0.2, 0) is 77.5 Å². The largest absolute Gasteiger partial charge is 2.00 e. The number of hydrogen-bond donors (Lipinski definition) is 6. The second kappa shape index (κ2) is 27.2. The van der Waals surface area contributed by atoms with Crippen molar-refractivity contribution in [3.63, 3.8) is 0 Å². The van der Waals surface area contributed by atoms with E-state index in [-0.39, 0.29) is 95.6 Å². The number of nitrogens with one attached hydrogen (secondary N) is 5. The van der Waals surface area contributed by atoms with Crippen molar-refractivity contribution < 1.29 is 45.8 Å². The zero-order chi connectivity index (χ0) is 43.4. The first-order chi connectivity index (χ1) is 27.5. The number of amides is 3. The Kier molecular flexibility index (Phi) is 24.2. The topological polar surface area (TPSA) is 242 Å². The molecule has 2 radical (unpaired) electrons. The van der Waals surface area contributed by atoms with Crippen LogP contribution in [0.25, 0.3) is 10.9 Å². The molecule has 1 aromatic carbocycles. The number of H-pyrrole nitrogens is 1. The smallest absolute Gasteiger partial charge is 0.741 e. The molecular weight excluding hydrogens is 844 g/mol. The van der Waals surface area contributed by atoms with Crippen LogP contribution in [0.2, 0.25) is 0 Å². The van der Waals surface area contributed by atoms with Crippen LogP contribution in [0.1, 0.15) is 92.1 Å². The summed E-state index contributed by atoms with van der Waals surface area (Å²) in [6, 6.07) is 5.38. The van der Waals surface area contributed by atoms with Crippen molar-refractivity contribution in [3.8, 4) is 0 Å². The van der Waals surface area contributed by atoms with E-state index in [1.54, 1.807) is 47.4 Å². The predicted molar refractivity (Wildman–Crippen MR) is 233 cm³/mol. The number of Topliss-reactive ketones (excluding diaryl/α,β-unsaturated/α-hetero) is 3. The van der Waals surface area contributed by atoms with Crippen molar-refractivity contribution in [2.24, 2.45) is 43.9 Å². The van der Waals surface area contributed by atoms with Crippen LogP contribution in [0, 0.1) is 24.2 Å². The van der Waals surface area contributed by atoms with E-state index in [1.807, 2.05) is 38.1 Å². The Morgan fingerprint density at radius 2 is 1.51 bits per heavy atom. The number of hydrogen-bond acceptors (Lipinski definition) is 12. The average Bonchev–Trinajstić information content (AvgIpc) is 3.59. The van der Waals surface area contributed by atoms with Crippen molar-refractivity contribution in [2.75, 3.05) is 13.6 Å². The first-order valence-electron chi connectivity index (χ1n) is 19.3. The van der Waals surface area contributed by atoms with Gasteiger partial charge in [0.2, 0.25) is 17.7 Å². The fourth-order valence-electron chi connectivity index (χ4n) is 5.85. The zero-order valence-corrected chi connectivity index (χ0v) is 37.2. The summed E-state index contributed by atoms with van der Waals surface area (Å²) in [7, 11) is 1.63. The number of nitrogens with two attached hydrogens (primary N) is 1. The van der Waals surface area contributed by atoms with Gasteiger partial charge in [-0.1, -0.05) is 39.0 Å². The molecule has 16 nitrogen and oxygen atoms in total. The molecule has 4 atom stereocenters. The third-order valence-corrected chi connectivity index (χ3v) is 9.94.